The normalized spacial score (nSPS) is 14.1. The number of piperazine rings is 1. The molecular weight excluding hydrogens is 576 g/mol. The van der Waals surface area contributed by atoms with Crippen LogP contribution in [0.1, 0.15) is 12.0 Å². The number of carbonyl (C=O) groups excluding carboxylic acids is 1. The summed E-state index contributed by atoms with van der Waals surface area (Å²) < 4.78 is 12.7. The molecule has 11 nitrogen and oxygen atoms in total. The summed E-state index contributed by atoms with van der Waals surface area (Å²) in [4.78, 5) is 30.9. The number of aromatic nitrogens is 3. The van der Waals surface area contributed by atoms with E-state index in [9.17, 15) is 4.79 Å². The fourth-order valence-corrected chi connectivity index (χ4v) is 6.05. The molecule has 1 aliphatic heterocycles. The van der Waals surface area contributed by atoms with Crippen molar-refractivity contribution in [1.29, 1.82) is 0 Å². The van der Waals surface area contributed by atoms with Crippen LogP contribution in [0, 0.1) is 6.92 Å². The first-order valence-corrected chi connectivity index (χ1v) is 15.4. The predicted molar refractivity (Wildman–Crippen MR) is 177 cm³/mol. The summed E-state index contributed by atoms with van der Waals surface area (Å²) in [5.41, 5.74) is 4.17. The smallest absolute Gasteiger partial charge is 0.325 e. The van der Waals surface area contributed by atoms with Crippen molar-refractivity contribution in [3.8, 4) is 11.5 Å². The lowest BCUT2D eigenvalue weighted by Gasteiger charge is -2.32. The number of aryl methyl sites for hydroxylation is 1. The average molecular weight is 613 g/mol. The summed E-state index contributed by atoms with van der Waals surface area (Å²) >= 11 is 1.40. The highest BCUT2D eigenvalue weighted by molar-refractivity contribution is 7.22. The number of carbonyl (C=O) groups is 1. The molecule has 2 amide bonds. The first-order valence-electron chi connectivity index (χ1n) is 14.6. The molecule has 3 N–H and O–H groups in total. The number of benzene rings is 3. The maximum atomic E-state index is 12.5. The van der Waals surface area contributed by atoms with Crippen molar-refractivity contribution in [2.75, 3.05) is 69.4 Å². The van der Waals surface area contributed by atoms with Gasteiger partial charge in [0.15, 0.2) is 16.6 Å². The molecule has 12 heteroatoms. The molecule has 3 heterocycles. The zero-order valence-corrected chi connectivity index (χ0v) is 25.9. The third-order valence-corrected chi connectivity index (χ3v) is 8.47. The number of nitrogens with zero attached hydrogens (tertiary/aromatic N) is 5. The average Bonchev–Trinajstić information content (AvgIpc) is 3.41. The molecule has 0 unspecified atom stereocenters. The van der Waals surface area contributed by atoms with Crippen molar-refractivity contribution >= 4 is 60.8 Å². The van der Waals surface area contributed by atoms with Crippen molar-refractivity contribution in [3.63, 3.8) is 0 Å². The van der Waals surface area contributed by atoms with Crippen molar-refractivity contribution in [2.45, 2.75) is 13.3 Å². The van der Waals surface area contributed by atoms with Crippen LogP contribution < -0.4 is 25.4 Å². The molecule has 228 valence electrons. The molecule has 0 bridgehead atoms. The number of anilines is 4. The van der Waals surface area contributed by atoms with Gasteiger partial charge in [0.1, 0.15) is 12.1 Å². The van der Waals surface area contributed by atoms with E-state index in [1.807, 2.05) is 61.5 Å². The van der Waals surface area contributed by atoms with Crippen LogP contribution in [0.5, 0.6) is 11.5 Å². The number of methoxy groups -OCH3 is 1. The molecule has 0 radical (unpaired) electrons. The van der Waals surface area contributed by atoms with Gasteiger partial charge >= 0.3 is 6.03 Å². The molecular formula is C32H36N8O3S. The number of fused-ring (bicyclic) bond motifs is 2. The van der Waals surface area contributed by atoms with Gasteiger partial charge in [0.25, 0.3) is 0 Å². The number of amides is 2. The van der Waals surface area contributed by atoms with Gasteiger partial charge in [0.05, 0.1) is 29.5 Å². The Balaban J connectivity index is 1.12. The van der Waals surface area contributed by atoms with Crippen molar-refractivity contribution < 1.29 is 14.3 Å². The molecule has 0 spiro atoms. The van der Waals surface area contributed by atoms with Gasteiger partial charge in [-0.2, -0.15) is 0 Å². The highest BCUT2D eigenvalue weighted by atomic mass is 32.1. The predicted octanol–water partition coefficient (Wildman–Crippen LogP) is 5.96. The van der Waals surface area contributed by atoms with Gasteiger partial charge in [-0.15, -0.1) is 0 Å². The summed E-state index contributed by atoms with van der Waals surface area (Å²) in [7, 11) is 3.81. The largest absolute Gasteiger partial charge is 0.493 e. The highest BCUT2D eigenvalue weighted by Crippen LogP contribution is 2.36. The molecule has 3 aromatic carbocycles. The SMILES string of the molecule is COc1cc2c(Nc3ccc4nc(NC(=O)Nc5cccc(C)c5)sc4c3)ncnc2cc1OCCCN1CCN(C)CC1. The fraction of sp³-hybridized carbons (Fsp3) is 0.312. The Kier molecular flexibility index (Phi) is 9.01. The molecule has 1 fully saturated rings. The lowest BCUT2D eigenvalue weighted by atomic mass is 10.2. The molecule has 1 aliphatic rings. The number of hydrogen-bond acceptors (Lipinski definition) is 10. The molecule has 5 aromatic rings. The van der Waals surface area contributed by atoms with Gasteiger partial charge < -0.3 is 29.9 Å². The fourth-order valence-electron chi connectivity index (χ4n) is 5.15. The number of rotatable bonds is 10. The lowest BCUT2D eigenvalue weighted by Crippen LogP contribution is -2.44. The standard InChI is InChI=1S/C32H36N8O3S/c1-21-6-4-7-22(16-21)36-31(41)38-32-37-25-9-8-23(17-29(25)44-32)35-30-24-18-27(42-3)28(19-26(24)33-20-34-30)43-15-5-10-40-13-11-39(2)12-14-40/h4,6-9,16-20H,5,10-15H2,1-3H3,(H,33,34,35)(H2,36,37,38,41). The summed E-state index contributed by atoms with van der Waals surface area (Å²) in [6, 6.07) is 16.9. The topological polar surface area (TPSA) is 117 Å². The summed E-state index contributed by atoms with van der Waals surface area (Å²) in [5.74, 6) is 1.95. The molecule has 1 saturated heterocycles. The number of urea groups is 1. The molecule has 2 aromatic heterocycles. The number of hydrogen-bond donors (Lipinski definition) is 3. The van der Waals surface area contributed by atoms with Crippen LogP contribution in [-0.4, -0.2) is 84.3 Å². The maximum absolute atomic E-state index is 12.5. The second kappa shape index (κ2) is 13.4. The molecule has 0 aliphatic carbocycles. The van der Waals surface area contributed by atoms with E-state index in [0.29, 0.717) is 29.1 Å². The number of ether oxygens (including phenoxy) is 2. The van der Waals surface area contributed by atoms with Gasteiger partial charge in [-0.05, 0) is 62.4 Å². The van der Waals surface area contributed by atoms with E-state index in [2.05, 4.69) is 47.7 Å². The van der Waals surface area contributed by atoms with Crippen LogP contribution in [-0.2, 0) is 0 Å². The van der Waals surface area contributed by atoms with Crippen molar-refractivity contribution in [2.24, 2.45) is 0 Å². The minimum Gasteiger partial charge on any atom is -0.493 e. The second-order valence-corrected chi connectivity index (χ2v) is 11.9. The Morgan fingerprint density at radius 2 is 1.82 bits per heavy atom. The van der Waals surface area contributed by atoms with E-state index in [1.165, 1.54) is 17.7 Å². The van der Waals surface area contributed by atoms with Gasteiger partial charge in [-0.25, -0.2) is 19.7 Å². The van der Waals surface area contributed by atoms with E-state index in [4.69, 9.17) is 9.47 Å². The molecule has 0 saturated carbocycles. The van der Waals surface area contributed by atoms with E-state index >= 15 is 0 Å². The van der Waals surface area contributed by atoms with Gasteiger partial charge in [0, 0.05) is 55.6 Å². The van der Waals surface area contributed by atoms with Crippen molar-refractivity contribution in [1.82, 2.24) is 24.8 Å². The number of nitrogens with one attached hydrogen (secondary N) is 3. The Bertz CT molecular complexity index is 1770. The molecule has 0 atom stereocenters. The first kappa shape index (κ1) is 29.5. The monoisotopic (exact) mass is 612 g/mol. The second-order valence-electron chi connectivity index (χ2n) is 10.9. The summed E-state index contributed by atoms with van der Waals surface area (Å²) in [6.07, 6.45) is 2.48. The third kappa shape index (κ3) is 7.16. The Labute approximate surface area is 260 Å². The first-order chi connectivity index (χ1) is 21.4. The Hall–Kier alpha value is -4.52. The highest BCUT2D eigenvalue weighted by Gasteiger charge is 2.15. The quantitative estimate of drug-likeness (QED) is 0.164. The van der Waals surface area contributed by atoms with E-state index < -0.39 is 0 Å². The van der Waals surface area contributed by atoms with Gasteiger partial charge in [-0.3, -0.25) is 5.32 Å². The van der Waals surface area contributed by atoms with Crippen LogP contribution in [0.25, 0.3) is 21.1 Å². The van der Waals surface area contributed by atoms with Crippen molar-refractivity contribution in [3.05, 3.63) is 66.5 Å². The Morgan fingerprint density at radius 3 is 2.64 bits per heavy atom. The summed E-state index contributed by atoms with van der Waals surface area (Å²) in [6.45, 7) is 8.02. The van der Waals surface area contributed by atoms with Gasteiger partial charge in [0.2, 0.25) is 0 Å². The molecule has 44 heavy (non-hydrogen) atoms. The minimum absolute atomic E-state index is 0.340. The summed E-state index contributed by atoms with van der Waals surface area (Å²) in [5, 5.41) is 10.4. The van der Waals surface area contributed by atoms with E-state index in [-0.39, 0.29) is 6.03 Å². The van der Waals surface area contributed by atoms with Crippen LogP contribution in [0.3, 0.4) is 0 Å². The molecule has 6 rings (SSSR count). The lowest BCUT2D eigenvalue weighted by molar-refractivity contribution is 0.145. The zero-order valence-electron chi connectivity index (χ0n) is 25.1. The van der Waals surface area contributed by atoms with Gasteiger partial charge in [-0.1, -0.05) is 23.5 Å². The number of thiazole rings is 1. The Morgan fingerprint density at radius 1 is 0.955 bits per heavy atom. The van der Waals surface area contributed by atoms with E-state index in [0.717, 1.165) is 77.2 Å². The van der Waals surface area contributed by atoms with Crippen LogP contribution >= 0.6 is 11.3 Å². The zero-order chi connectivity index (χ0) is 30.5. The van der Waals surface area contributed by atoms with E-state index in [1.54, 1.807) is 7.11 Å². The van der Waals surface area contributed by atoms with Crippen LogP contribution in [0.15, 0.2) is 60.9 Å². The third-order valence-electron chi connectivity index (χ3n) is 7.54. The van der Waals surface area contributed by atoms with Crippen LogP contribution in [0.4, 0.5) is 27.1 Å². The van der Waals surface area contributed by atoms with Crippen LogP contribution in [0.2, 0.25) is 0 Å². The minimum atomic E-state index is -0.340. The number of likely N-dealkylation sites (N-methyl/N-ethyl adjacent to an activating group) is 1. The maximum Gasteiger partial charge on any atom is 0.325 e.